The van der Waals surface area contributed by atoms with E-state index in [9.17, 15) is 14.4 Å². The van der Waals surface area contributed by atoms with Gasteiger partial charge >= 0.3 is 0 Å². The van der Waals surface area contributed by atoms with Crippen LogP contribution in [0.1, 0.15) is 54.9 Å². The lowest BCUT2D eigenvalue weighted by Crippen LogP contribution is -2.58. The molecule has 0 bridgehead atoms. The van der Waals surface area contributed by atoms with Gasteiger partial charge in [0.2, 0.25) is 11.8 Å². The third kappa shape index (κ3) is 4.69. The van der Waals surface area contributed by atoms with Gasteiger partial charge in [-0.05, 0) is 63.9 Å². The van der Waals surface area contributed by atoms with Crippen molar-refractivity contribution in [3.05, 3.63) is 29.3 Å². The molecule has 1 spiro atoms. The molecule has 3 heterocycles. The number of anilines is 1. The fraction of sp³-hybridized carbons (Fsp3) is 0.609. The predicted octanol–water partition coefficient (Wildman–Crippen LogP) is 1.46. The van der Waals surface area contributed by atoms with Crippen LogP contribution in [0.4, 0.5) is 5.69 Å². The number of hydrogen-bond acceptors (Lipinski definition) is 5. The standard InChI is InChI=1S/C23H33N5O3/c1-16-5-6-18-19(15-16)25-23(26-22(18)31)8-7-20(29)28(13-9-23)17(2)21(30)24-10-14-27-11-3-4-12-27/h5-6,15,17,25H,3-4,7-14H2,1-2H3,(H,24,30)(H,26,31)/t17-,23-/m0/s1. The zero-order chi connectivity index (χ0) is 22.0. The van der Waals surface area contributed by atoms with E-state index in [2.05, 4.69) is 20.9 Å². The lowest BCUT2D eigenvalue weighted by Gasteiger charge is -2.40. The van der Waals surface area contributed by atoms with Crippen LogP contribution >= 0.6 is 0 Å². The Labute approximate surface area is 183 Å². The van der Waals surface area contributed by atoms with Gasteiger partial charge in [-0.2, -0.15) is 0 Å². The number of amides is 3. The molecule has 2 saturated heterocycles. The van der Waals surface area contributed by atoms with Gasteiger partial charge in [-0.1, -0.05) is 6.07 Å². The summed E-state index contributed by atoms with van der Waals surface area (Å²) in [4.78, 5) is 42.2. The summed E-state index contributed by atoms with van der Waals surface area (Å²) in [5.74, 6) is -0.294. The molecular weight excluding hydrogens is 394 g/mol. The lowest BCUT2D eigenvalue weighted by molar-refractivity contribution is -0.139. The molecule has 0 aromatic heterocycles. The number of rotatable bonds is 5. The van der Waals surface area contributed by atoms with E-state index < -0.39 is 11.7 Å². The molecule has 0 aliphatic carbocycles. The highest BCUT2D eigenvalue weighted by atomic mass is 16.2. The molecule has 2 fully saturated rings. The smallest absolute Gasteiger partial charge is 0.255 e. The molecule has 8 heteroatoms. The topological polar surface area (TPSA) is 93.8 Å². The fourth-order valence-corrected chi connectivity index (χ4v) is 4.85. The first-order valence-corrected chi connectivity index (χ1v) is 11.4. The molecule has 1 aromatic carbocycles. The summed E-state index contributed by atoms with van der Waals surface area (Å²) in [6.07, 6.45) is 3.76. The number of benzene rings is 1. The van der Waals surface area contributed by atoms with Gasteiger partial charge in [0, 0.05) is 38.2 Å². The van der Waals surface area contributed by atoms with Crippen molar-refractivity contribution in [3.8, 4) is 0 Å². The van der Waals surface area contributed by atoms with Gasteiger partial charge in [-0.25, -0.2) is 0 Å². The summed E-state index contributed by atoms with van der Waals surface area (Å²) in [6.45, 7) is 7.83. The average molecular weight is 428 g/mol. The molecule has 1 aromatic rings. The molecule has 0 saturated carbocycles. The van der Waals surface area contributed by atoms with Gasteiger partial charge < -0.3 is 25.8 Å². The van der Waals surface area contributed by atoms with Crippen LogP contribution in [0.15, 0.2) is 18.2 Å². The van der Waals surface area contributed by atoms with Crippen molar-refractivity contribution in [1.29, 1.82) is 0 Å². The van der Waals surface area contributed by atoms with Crippen molar-refractivity contribution in [1.82, 2.24) is 20.4 Å². The van der Waals surface area contributed by atoms with E-state index >= 15 is 0 Å². The minimum atomic E-state index is -0.672. The van der Waals surface area contributed by atoms with Crippen LogP contribution in [0.25, 0.3) is 0 Å². The summed E-state index contributed by atoms with van der Waals surface area (Å²) < 4.78 is 0. The highest BCUT2D eigenvalue weighted by Crippen LogP contribution is 2.32. The van der Waals surface area contributed by atoms with Gasteiger partial charge in [-0.15, -0.1) is 0 Å². The highest BCUT2D eigenvalue weighted by molar-refractivity contribution is 6.02. The second kappa shape index (κ2) is 8.86. The molecule has 8 nitrogen and oxygen atoms in total. The Hall–Kier alpha value is -2.61. The monoisotopic (exact) mass is 427 g/mol. The van der Waals surface area contributed by atoms with Crippen LogP contribution in [0.2, 0.25) is 0 Å². The van der Waals surface area contributed by atoms with E-state index in [0.29, 0.717) is 31.5 Å². The molecular formula is C23H33N5O3. The lowest BCUT2D eigenvalue weighted by atomic mass is 9.94. The maximum Gasteiger partial charge on any atom is 0.255 e. The number of hydrogen-bond donors (Lipinski definition) is 3. The number of carbonyl (C=O) groups excluding carboxylic acids is 3. The van der Waals surface area contributed by atoms with Crippen LogP contribution in [-0.2, 0) is 9.59 Å². The quantitative estimate of drug-likeness (QED) is 0.662. The zero-order valence-electron chi connectivity index (χ0n) is 18.5. The molecule has 0 unspecified atom stereocenters. The molecule has 31 heavy (non-hydrogen) atoms. The van der Waals surface area contributed by atoms with Gasteiger partial charge in [0.1, 0.15) is 11.7 Å². The second-order valence-corrected chi connectivity index (χ2v) is 9.06. The van der Waals surface area contributed by atoms with Gasteiger partial charge in [-0.3, -0.25) is 14.4 Å². The number of fused-ring (bicyclic) bond motifs is 1. The summed E-state index contributed by atoms with van der Waals surface area (Å²) >= 11 is 0. The van der Waals surface area contributed by atoms with E-state index in [-0.39, 0.29) is 24.1 Å². The number of nitrogens with one attached hydrogen (secondary N) is 3. The van der Waals surface area contributed by atoms with E-state index in [0.717, 1.165) is 30.9 Å². The Morgan fingerprint density at radius 3 is 2.71 bits per heavy atom. The van der Waals surface area contributed by atoms with Crippen LogP contribution in [0.3, 0.4) is 0 Å². The Kier molecular flexibility index (Phi) is 6.18. The van der Waals surface area contributed by atoms with Crippen molar-refractivity contribution in [2.75, 3.05) is 38.0 Å². The average Bonchev–Trinajstić information content (AvgIpc) is 3.20. The number of likely N-dealkylation sites (tertiary alicyclic amines) is 2. The first kappa shape index (κ1) is 21.6. The molecule has 3 N–H and O–H groups in total. The number of nitrogens with zero attached hydrogens (tertiary/aromatic N) is 2. The first-order chi connectivity index (χ1) is 14.9. The van der Waals surface area contributed by atoms with Gasteiger partial charge in [0.05, 0.1) is 5.56 Å². The van der Waals surface area contributed by atoms with Crippen molar-refractivity contribution in [3.63, 3.8) is 0 Å². The SMILES string of the molecule is Cc1ccc2c(c1)N[C@@]1(CCC(=O)N([C@@H](C)C(=O)NCCN3CCCC3)CC1)NC2=O. The fourth-order valence-electron chi connectivity index (χ4n) is 4.85. The molecule has 2 atom stereocenters. The Bertz CT molecular complexity index is 867. The molecule has 3 aliphatic rings. The zero-order valence-corrected chi connectivity index (χ0v) is 18.5. The Morgan fingerprint density at radius 2 is 1.94 bits per heavy atom. The highest BCUT2D eigenvalue weighted by Gasteiger charge is 2.41. The molecule has 3 aliphatic heterocycles. The van der Waals surface area contributed by atoms with Crippen molar-refractivity contribution >= 4 is 23.4 Å². The molecule has 4 rings (SSSR count). The summed E-state index contributed by atoms with van der Waals surface area (Å²) in [7, 11) is 0. The van der Waals surface area contributed by atoms with Gasteiger partial charge in [0.15, 0.2) is 0 Å². The van der Waals surface area contributed by atoms with E-state index in [1.54, 1.807) is 11.8 Å². The Morgan fingerprint density at radius 1 is 1.16 bits per heavy atom. The summed E-state index contributed by atoms with van der Waals surface area (Å²) in [5.41, 5.74) is 1.82. The molecule has 3 amide bonds. The van der Waals surface area contributed by atoms with Crippen LogP contribution < -0.4 is 16.0 Å². The maximum absolute atomic E-state index is 12.8. The predicted molar refractivity (Wildman–Crippen MR) is 119 cm³/mol. The van der Waals surface area contributed by atoms with Crippen LogP contribution in [-0.4, -0.2) is 71.9 Å². The third-order valence-corrected chi connectivity index (χ3v) is 6.78. The van der Waals surface area contributed by atoms with E-state index in [1.807, 2.05) is 25.1 Å². The first-order valence-electron chi connectivity index (χ1n) is 11.4. The molecule has 0 radical (unpaired) electrons. The van der Waals surface area contributed by atoms with Crippen LogP contribution in [0.5, 0.6) is 0 Å². The maximum atomic E-state index is 12.8. The van der Waals surface area contributed by atoms with E-state index in [1.165, 1.54) is 12.8 Å². The largest absolute Gasteiger partial charge is 0.362 e. The van der Waals surface area contributed by atoms with Crippen molar-refractivity contribution in [2.45, 2.75) is 57.7 Å². The van der Waals surface area contributed by atoms with E-state index in [4.69, 9.17) is 0 Å². The Balaban J connectivity index is 1.38. The number of carbonyl (C=O) groups is 3. The van der Waals surface area contributed by atoms with Crippen molar-refractivity contribution < 1.29 is 14.4 Å². The normalized spacial score (nSPS) is 24.9. The van der Waals surface area contributed by atoms with Crippen molar-refractivity contribution in [2.24, 2.45) is 0 Å². The third-order valence-electron chi connectivity index (χ3n) is 6.78. The summed E-state index contributed by atoms with van der Waals surface area (Å²) in [6, 6.07) is 5.18. The molecule has 168 valence electrons. The summed E-state index contributed by atoms with van der Waals surface area (Å²) in [5, 5.41) is 9.55. The minimum Gasteiger partial charge on any atom is -0.362 e. The van der Waals surface area contributed by atoms with Crippen LogP contribution in [0, 0.1) is 6.92 Å². The minimum absolute atomic E-state index is 0.0508. The second-order valence-electron chi connectivity index (χ2n) is 9.06. The number of aryl methyl sites for hydroxylation is 1. The van der Waals surface area contributed by atoms with Gasteiger partial charge in [0.25, 0.3) is 5.91 Å².